The summed E-state index contributed by atoms with van der Waals surface area (Å²) in [6.07, 6.45) is 7.08. The first-order valence-electron chi connectivity index (χ1n) is 8.77. The minimum atomic E-state index is 0.134. The van der Waals surface area contributed by atoms with Gasteiger partial charge in [-0.3, -0.25) is 4.79 Å². The molecule has 1 saturated heterocycles. The van der Waals surface area contributed by atoms with E-state index < -0.39 is 0 Å². The molecule has 0 bridgehead atoms. The van der Waals surface area contributed by atoms with Crippen molar-refractivity contribution in [2.45, 2.75) is 44.4 Å². The fraction of sp³-hybridized carbons (Fsp3) is 0.474. The van der Waals surface area contributed by atoms with Crippen molar-refractivity contribution in [3.63, 3.8) is 0 Å². The number of likely N-dealkylation sites (tertiary alicyclic amines) is 1. The first-order chi connectivity index (χ1) is 11.3. The molecule has 1 saturated carbocycles. The SMILES string of the molecule is O=C(c1cc(C2CC2)nn1-c1ccccc1)N1CCCCCC1. The monoisotopic (exact) mass is 309 g/mol. The van der Waals surface area contributed by atoms with E-state index in [9.17, 15) is 4.79 Å². The third-order valence-electron chi connectivity index (χ3n) is 4.84. The number of amides is 1. The normalized spacial score (nSPS) is 18.7. The van der Waals surface area contributed by atoms with Gasteiger partial charge in [-0.25, -0.2) is 4.68 Å². The van der Waals surface area contributed by atoms with E-state index in [0.717, 1.165) is 43.0 Å². The van der Waals surface area contributed by atoms with Crippen LogP contribution in [-0.4, -0.2) is 33.7 Å². The summed E-state index contributed by atoms with van der Waals surface area (Å²) in [4.78, 5) is 15.1. The molecule has 4 rings (SSSR count). The van der Waals surface area contributed by atoms with Crippen LogP contribution in [0.2, 0.25) is 0 Å². The number of carbonyl (C=O) groups excluding carboxylic acids is 1. The highest BCUT2D eigenvalue weighted by Gasteiger charge is 2.30. The van der Waals surface area contributed by atoms with E-state index in [1.165, 1.54) is 25.7 Å². The standard InChI is InChI=1S/C19H23N3O/c23-19(21-12-6-1-2-7-13-21)18-14-17(15-10-11-15)20-22(18)16-8-4-3-5-9-16/h3-5,8-9,14-15H,1-2,6-7,10-13H2. The average Bonchev–Trinajstić information content (AvgIpc) is 3.39. The summed E-state index contributed by atoms with van der Waals surface area (Å²) in [7, 11) is 0. The van der Waals surface area contributed by atoms with Crippen molar-refractivity contribution in [2.75, 3.05) is 13.1 Å². The first kappa shape index (κ1) is 14.5. The van der Waals surface area contributed by atoms with Crippen molar-refractivity contribution in [3.05, 3.63) is 47.8 Å². The molecule has 1 aliphatic carbocycles. The van der Waals surface area contributed by atoms with Gasteiger partial charge in [0.25, 0.3) is 5.91 Å². The molecule has 4 heteroatoms. The van der Waals surface area contributed by atoms with Crippen LogP contribution in [-0.2, 0) is 0 Å². The minimum absolute atomic E-state index is 0.134. The quantitative estimate of drug-likeness (QED) is 0.865. The number of benzene rings is 1. The van der Waals surface area contributed by atoms with E-state index in [0.29, 0.717) is 5.92 Å². The van der Waals surface area contributed by atoms with Crippen molar-refractivity contribution in [3.8, 4) is 5.69 Å². The molecular formula is C19H23N3O. The maximum atomic E-state index is 13.1. The van der Waals surface area contributed by atoms with Crippen molar-refractivity contribution in [1.29, 1.82) is 0 Å². The highest BCUT2D eigenvalue weighted by molar-refractivity contribution is 5.93. The zero-order chi connectivity index (χ0) is 15.6. The molecule has 0 N–H and O–H groups in total. The molecule has 1 aromatic heterocycles. The number of hydrogen-bond donors (Lipinski definition) is 0. The lowest BCUT2D eigenvalue weighted by Gasteiger charge is -2.20. The van der Waals surface area contributed by atoms with Crippen LogP contribution in [0.25, 0.3) is 5.69 Å². The van der Waals surface area contributed by atoms with Crippen LogP contribution in [0.5, 0.6) is 0 Å². The van der Waals surface area contributed by atoms with Gasteiger partial charge < -0.3 is 4.90 Å². The van der Waals surface area contributed by atoms with Gasteiger partial charge in [0.15, 0.2) is 0 Å². The largest absolute Gasteiger partial charge is 0.337 e. The summed E-state index contributed by atoms with van der Waals surface area (Å²) in [5, 5.41) is 4.75. The second-order valence-electron chi connectivity index (χ2n) is 6.68. The Kier molecular flexibility index (Phi) is 3.90. The van der Waals surface area contributed by atoms with Crippen molar-refractivity contribution < 1.29 is 4.79 Å². The van der Waals surface area contributed by atoms with Gasteiger partial charge >= 0.3 is 0 Å². The van der Waals surface area contributed by atoms with Gasteiger partial charge in [-0.2, -0.15) is 5.10 Å². The maximum absolute atomic E-state index is 13.1. The van der Waals surface area contributed by atoms with E-state index in [2.05, 4.69) is 0 Å². The van der Waals surface area contributed by atoms with E-state index in [1.807, 2.05) is 46.0 Å². The van der Waals surface area contributed by atoms with Crippen molar-refractivity contribution in [2.24, 2.45) is 0 Å². The summed E-state index contributed by atoms with van der Waals surface area (Å²) < 4.78 is 1.85. The first-order valence-corrected chi connectivity index (χ1v) is 8.77. The van der Waals surface area contributed by atoms with Crippen LogP contribution in [0.1, 0.15) is 60.6 Å². The molecule has 2 fully saturated rings. The number of nitrogens with zero attached hydrogens (tertiary/aromatic N) is 3. The smallest absolute Gasteiger partial charge is 0.272 e. The Morgan fingerprint density at radius 3 is 2.35 bits per heavy atom. The zero-order valence-corrected chi connectivity index (χ0v) is 13.4. The van der Waals surface area contributed by atoms with Gasteiger partial charge in [0.2, 0.25) is 0 Å². The van der Waals surface area contributed by atoms with Gasteiger partial charge in [-0.15, -0.1) is 0 Å². The number of rotatable bonds is 3. The molecule has 2 heterocycles. The Bertz CT molecular complexity index is 680. The molecule has 0 spiro atoms. The van der Waals surface area contributed by atoms with Gasteiger partial charge in [0.05, 0.1) is 11.4 Å². The molecule has 1 aromatic carbocycles. The highest BCUT2D eigenvalue weighted by atomic mass is 16.2. The third kappa shape index (κ3) is 3.03. The molecule has 120 valence electrons. The van der Waals surface area contributed by atoms with E-state index >= 15 is 0 Å². The number of aromatic nitrogens is 2. The summed E-state index contributed by atoms with van der Waals surface area (Å²) in [5.74, 6) is 0.686. The molecule has 2 aromatic rings. The molecule has 2 aliphatic rings. The summed E-state index contributed by atoms with van der Waals surface area (Å²) in [6.45, 7) is 1.75. The van der Waals surface area contributed by atoms with Gasteiger partial charge in [-0.05, 0) is 43.9 Å². The second kappa shape index (κ2) is 6.19. The van der Waals surface area contributed by atoms with Crippen LogP contribution in [0.3, 0.4) is 0 Å². The fourth-order valence-corrected chi connectivity index (χ4v) is 3.33. The molecule has 0 unspecified atom stereocenters. The van der Waals surface area contributed by atoms with E-state index in [4.69, 9.17) is 5.10 Å². The van der Waals surface area contributed by atoms with Crippen LogP contribution in [0, 0.1) is 0 Å². The summed E-state index contributed by atoms with van der Waals surface area (Å²) in [6, 6.07) is 12.0. The Morgan fingerprint density at radius 1 is 1.00 bits per heavy atom. The van der Waals surface area contributed by atoms with Gasteiger partial charge in [0.1, 0.15) is 5.69 Å². The number of para-hydroxylation sites is 1. The number of hydrogen-bond acceptors (Lipinski definition) is 2. The Balaban J connectivity index is 1.69. The topological polar surface area (TPSA) is 38.1 Å². The molecule has 0 atom stereocenters. The van der Waals surface area contributed by atoms with Crippen LogP contribution in [0.4, 0.5) is 0 Å². The van der Waals surface area contributed by atoms with Crippen molar-refractivity contribution in [1.82, 2.24) is 14.7 Å². The Labute approximate surface area is 137 Å². The van der Waals surface area contributed by atoms with E-state index in [-0.39, 0.29) is 5.91 Å². The average molecular weight is 309 g/mol. The third-order valence-corrected chi connectivity index (χ3v) is 4.84. The molecule has 0 radical (unpaired) electrons. The van der Waals surface area contributed by atoms with Gasteiger partial charge in [0, 0.05) is 19.0 Å². The summed E-state index contributed by atoms with van der Waals surface area (Å²) in [5.41, 5.74) is 2.77. The molecular weight excluding hydrogens is 286 g/mol. The lowest BCUT2D eigenvalue weighted by molar-refractivity contribution is 0.0752. The Morgan fingerprint density at radius 2 is 1.70 bits per heavy atom. The maximum Gasteiger partial charge on any atom is 0.272 e. The predicted molar refractivity (Wildman–Crippen MR) is 89.9 cm³/mol. The molecule has 23 heavy (non-hydrogen) atoms. The van der Waals surface area contributed by atoms with Crippen LogP contribution < -0.4 is 0 Å². The molecule has 1 amide bonds. The zero-order valence-electron chi connectivity index (χ0n) is 13.4. The molecule has 4 nitrogen and oxygen atoms in total. The fourth-order valence-electron chi connectivity index (χ4n) is 3.33. The highest BCUT2D eigenvalue weighted by Crippen LogP contribution is 2.39. The van der Waals surface area contributed by atoms with Crippen molar-refractivity contribution >= 4 is 5.91 Å². The minimum Gasteiger partial charge on any atom is -0.337 e. The van der Waals surface area contributed by atoms with Gasteiger partial charge in [-0.1, -0.05) is 31.0 Å². The Hall–Kier alpha value is -2.10. The molecule has 1 aliphatic heterocycles. The van der Waals surface area contributed by atoms with E-state index in [1.54, 1.807) is 0 Å². The lowest BCUT2D eigenvalue weighted by Crippen LogP contribution is -2.33. The lowest BCUT2D eigenvalue weighted by atomic mass is 10.2. The second-order valence-corrected chi connectivity index (χ2v) is 6.68. The van der Waals surface area contributed by atoms with Crippen LogP contribution >= 0.6 is 0 Å². The number of carbonyl (C=O) groups is 1. The van der Waals surface area contributed by atoms with Crippen LogP contribution in [0.15, 0.2) is 36.4 Å². The summed E-state index contributed by atoms with van der Waals surface area (Å²) >= 11 is 0. The predicted octanol–water partition coefficient (Wildman–Crippen LogP) is 3.77.